The minimum atomic E-state index is -0.0689. The Balaban J connectivity index is 1.41. The molecule has 0 saturated heterocycles. The number of hydrogen-bond donors (Lipinski definition) is 0. The molecule has 0 amide bonds. The van der Waals surface area contributed by atoms with Crippen molar-refractivity contribution >= 4 is 21.9 Å². The quantitative estimate of drug-likeness (QED) is 0.271. The Labute approximate surface area is 198 Å². The number of para-hydroxylation sites is 1. The normalized spacial score (nSPS) is 13.8. The lowest BCUT2D eigenvalue weighted by atomic mass is 9.82. The number of rotatable bonds is 2. The van der Waals surface area contributed by atoms with E-state index in [1.165, 1.54) is 49.7 Å². The van der Waals surface area contributed by atoms with Gasteiger partial charge in [0.1, 0.15) is 11.2 Å². The fraction of sp³-hybridized carbons (Fsp3) is 0.0938. The van der Waals surface area contributed by atoms with E-state index in [1.807, 2.05) is 18.3 Å². The Morgan fingerprint density at radius 2 is 1.38 bits per heavy atom. The molecule has 1 aliphatic carbocycles. The summed E-state index contributed by atoms with van der Waals surface area (Å²) in [5.41, 5.74) is 11.8. The van der Waals surface area contributed by atoms with Gasteiger partial charge in [-0.25, -0.2) is 0 Å². The molecule has 1 aliphatic rings. The molecule has 0 atom stereocenters. The summed E-state index contributed by atoms with van der Waals surface area (Å²) in [6, 6.07) is 32.6. The van der Waals surface area contributed by atoms with Crippen LogP contribution < -0.4 is 0 Å². The molecule has 4 aromatic carbocycles. The number of pyridine rings is 1. The molecular formula is C32H23NO. The van der Waals surface area contributed by atoms with Gasteiger partial charge < -0.3 is 4.42 Å². The highest BCUT2D eigenvalue weighted by atomic mass is 16.3. The van der Waals surface area contributed by atoms with Gasteiger partial charge in [-0.15, -0.1) is 0 Å². The Morgan fingerprint density at radius 3 is 2.18 bits per heavy atom. The molecule has 2 nitrogen and oxygen atoms in total. The zero-order valence-electron chi connectivity index (χ0n) is 19.2. The minimum Gasteiger partial charge on any atom is -0.455 e. The van der Waals surface area contributed by atoms with Gasteiger partial charge in [-0.1, -0.05) is 86.6 Å². The van der Waals surface area contributed by atoms with Crippen LogP contribution in [0.2, 0.25) is 0 Å². The zero-order chi connectivity index (χ0) is 22.9. The van der Waals surface area contributed by atoms with Gasteiger partial charge in [0.25, 0.3) is 0 Å². The molecule has 2 heterocycles. The van der Waals surface area contributed by atoms with Gasteiger partial charge in [0, 0.05) is 34.1 Å². The molecule has 0 bridgehead atoms. The Kier molecular flexibility index (Phi) is 3.93. The van der Waals surface area contributed by atoms with Crippen LogP contribution in [-0.2, 0) is 5.41 Å². The smallest absolute Gasteiger partial charge is 0.143 e. The van der Waals surface area contributed by atoms with Gasteiger partial charge in [0.15, 0.2) is 0 Å². The molecule has 2 heteroatoms. The number of benzene rings is 4. The average Bonchev–Trinajstić information content (AvgIpc) is 3.37. The summed E-state index contributed by atoms with van der Waals surface area (Å²) in [5, 5.41) is 2.36. The fourth-order valence-electron chi connectivity index (χ4n) is 5.59. The Hall–Kier alpha value is -4.17. The van der Waals surface area contributed by atoms with Gasteiger partial charge in [-0.3, -0.25) is 4.98 Å². The molecule has 2 aromatic heterocycles. The van der Waals surface area contributed by atoms with E-state index in [1.54, 1.807) is 6.20 Å². The largest absolute Gasteiger partial charge is 0.455 e. The highest BCUT2D eigenvalue weighted by Crippen LogP contribution is 2.53. The van der Waals surface area contributed by atoms with Crippen molar-refractivity contribution in [2.24, 2.45) is 0 Å². The number of nitrogens with zero attached hydrogens (tertiary/aromatic N) is 1. The van der Waals surface area contributed by atoms with Crippen molar-refractivity contribution < 1.29 is 4.42 Å². The van der Waals surface area contributed by atoms with Crippen LogP contribution in [0.1, 0.15) is 25.0 Å². The van der Waals surface area contributed by atoms with Crippen molar-refractivity contribution in [2.45, 2.75) is 19.3 Å². The van der Waals surface area contributed by atoms with Gasteiger partial charge >= 0.3 is 0 Å². The van der Waals surface area contributed by atoms with E-state index in [0.29, 0.717) is 0 Å². The van der Waals surface area contributed by atoms with E-state index in [4.69, 9.17) is 4.42 Å². The molecule has 0 fully saturated rings. The van der Waals surface area contributed by atoms with Crippen molar-refractivity contribution in [2.75, 3.05) is 0 Å². The maximum Gasteiger partial charge on any atom is 0.143 e. The second-order valence-corrected chi connectivity index (χ2v) is 9.67. The maximum absolute atomic E-state index is 6.45. The third kappa shape index (κ3) is 2.66. The highest BCUT2D eigenvalue weighted by Gasteiger charge is 2.37. The van der Waals surface area contributed by atoms with E-state index in [9.17, 15) is 0 Å². The summed E-state index contributed by atoms with van der Waals surface area (Å²) in [6.45, 7) is 4.63. The standard InChI is InChI=1S/C32H23NO/c1-32(2)27-15-13-22(20-9-11-21(12-10-20)23-6-5-17-33-19-23)18-26(27)30-28(32)16-14-25-24-7-3-4-8-29(24)34-31(25)30/h3-19H,1-2H3. The second-order valence-electron chi connectivity index (χ2n) is 9.67. The van der Waals surface area contributed by atoms with Gasteiger partial charge in [0.05, 0.1) is 0 Å². The molecule has 162 valence electrons. The highest BCUT2D eigenvalue weighted by molar-refractivity contribution is 6.12. The SMILES string of the molecule is CC1(C)c2ccc(-c3ccc(-c4cccnc4)cc3)cc2-c2c1ccc1c2oc2ccccc21. The summed E-state index contributed by atoms with van der Waals surface area (Å²) in [6.07, 6.45) is 3.71. The summed E-state index contributed by atoms with van der Waals surface area (Å²) >= 11 is 0. The third-order valence-electron chi connectivity index (χ3n) is 7.40. The van der Waals surface area contributed by atoms with Crippen LogP contribution in [-0.4, -0.2) is 4.98 Å². The van der Waals surface area contributed by atoms with Crippen LogP contribution in [0.4, 0.5) is 0 Å². The topological polar surface area (TPSA) is 26.0 Å². The van der Waals surface area contributed by atoms with E-state index in [2.05, 4.69) is 97.7 Å². The molecule has 0 spiro atoms. The molecular weight excluding hydrogens is 414 g/mol. The zero-order valence-corrected chi connectivity index (χ0v) is 19.2. The number of furan rings is 1. The Morgan fingerprint density at radius 1 is 0.647 bits per heavy atom. The van der Waals surface area contributed by atoms with Gasteiger partial charge in [0.2, 0.25) is 0 Å². The molecule has 34 heavy (non-hydrogen) atoms. The summed E-state index contributed by atoms with van der Waals surface area (Å²) in [5.74, 6) is 0. The van der Waals surface area contributed by atoms with E-state index in [-0.39, 0.29) is 5.41 Å². The van der Waals surface area contributed by atoms with Crippen molar-refractivity contribution in [1.82, 2.24) is 4.98 Å². The summed E-state index contributed by atoms with van der Waals surface area (Å²) in [4.78, 5) is 4.25. The molecule has 0 unspecified atom stereocenters. The van der Waals surface area contributed by atoms with Crippen LogP contribution >= 0.6 is 0 Å². The van der Waals surface area contributed by atoms with Crippen LogP contribution in [0, 0.1) is 0 Å². The van der Waals surface area contributed by atoms with Crippen LogP contribution in [0.25, 0.3) is 55.3 Å². The van der Waals surface area contributed by atoms with Gasteiger partial charge in [-0.2, -0.15) is 0 Å². The monoisotopic (exact) mass is 437 g/mol. The molecule has 6 aromatic rings. The molecule has 7 rings (SSSR count). The van der Waals surface area contributed by atoms with E-state index in [0.717, 1.165) is 16.7 Å². The van der Waals surface area contributed by atoms with Crippen molar-refractivity contribution in [1.29, 1.82) is 0 Å². The van der Waals surface area contributed by atoms with Crippen LogP contribution in [0.3, 0.4) is 0 Å². The number of fused-ring (bicyclic) bond motifs is 7. The van der Waals surface area contributed by atoms with Gasteiger partial charge in [-0.05, 0) is 57.1 Å². The number of hydrogen-bond acceptors (Lipinski definition) is 2. The van der Waals surface area contributed by atoms with Crippen LogP contribution in [0.15, 0.2) is 108 Å². The molecule has 0 N–H and O–H groups in total. The predicted molar refractivity (Wildman–Crippen MR) is 140 cm³/mol. The third-order valence-corrected chi connectivity index (χ3v) is 7.40. The first-order valence-electron chi connectivity index (χ1n) is 11.7. The first-order chi connectivity index (χ1) is 16.6. The lowest BCUT2D eigenvalue weighted by molar-refractivity contribution is 0.653. The fourth-order valence-corrected chi connectivity index (χ4v) is 5.59. The number of aromatic nitrogens is 1. The summed E-state index contributed by atoms with van der Waals surface area (Å²) < 4.78 is 6.45. The first kappa shape index (κ1) is 19.3. The Bertz CT molecular complexity index is 1710. The van der Waals surface area contributed by atoms with E-state index >= 15 is 0 Å². The maximum atomic E-state index is 6.45. The molecule has 0 aliphatic heterocycles. The lowest BCUT2D eigenvalue weighted by Crippen LogP contribution is -2.14. The second kappa shape index (κ2) is 6.91. The average molecular weight is 438 g/mol. The minimum absolute atomic E-state index is 0.0689. The lowest BCUT2D eigenvalue weighted by Gasteiger charge is -2.21. The molecule has 0 radical (unpaired) electrons. The first-order valence-corrected chi connectivity index (χ1v) is 11.7. The van der Waals surface area contributed by atoms with Crippen molar-refractivity contribution in [3.05, 3.63) is 115 Å². The van der Waals surface area contributed by atoms with Crippen molar-refractivity contribution in [3.63, 3.8) is 0 Å². The summed E-state index contributed by atoms with van der Waals surface area (Å²) in [7, 11) is 0. The van der Waals surface area contributed by atoms with E-state index < -0.39 is 0 Å². The molecule has 0 saturated carbocycles. The van der Waals surface area contributed by atoms with Crippen molar-refractivity contribution in [3.8, 4) is 33.4 Å². The van der Waals surface area contributed by atoms with Crippen LogP contribution in [0.5, 0.6) is 0 Å². The predicted octanol–water partition coefficient (Wildman–Crippen LogP) is 8.62.